The summed E-state index contributed by atoms with van der Waals surface area (Å²) in [5.74, 6) is 0.301. The minimum atomic E-state index is -4.49. The molecule has 92 valence electrons. The Bertz CT molecular complexity index is 547. The highest BCUT2D eigenvalue weighted by atomic mass is 35.5. The third-order valence-electron chi connectivity index (χ3n) is 2.27. The molecule has 0 aliphatic heterocycles. The van der Waals surface area contributed by atoms with Crippen molar-refractivity contribution >= 4 is 22.7 Å². The van der Waals surface area contributed by atoms with Crippen LogP contribution >= 0.6 is 11.6 Å². The molecule has 6 heteroatoms. The van der Waals surface area contributed by atoms with Crippen molar-refractivity contribution in [3.05, 3.63) is 28.6 Å². The topological polar surface area (TPSA) is 26.0 Å². The van der Waals surface area contributed by atoms with Crippen molar-refractivity contribution in [3.8, 4) is 0 Å². The monoisotopic (exact) mass is 263 g/mol. The fourth-order valence-corrected chi connectivity index (χ4v) is 1.79. The number of nitrogens with zero attached hydrogens (tertiary/aromatic N) is 1. The van der Waals surface area contributed by atoms with E-state index in [4.69, 9.17) is 16.0 Å². The van der Waals surface area contributed by atoms with Gasteiger partial charge >= 0.3 is 6.18 Å². The van der Waals surface area contributed by atoms with Crippen LogP contribution in [0.2, 0.25) is 5.02 Å². The van der Waals surface area contributed by atoms with E-state index < -0.39 is 11.7 Å². The highest BCUT2D eigenvalue weighted by Gasteiger charge is 2.35. The maximum absolute atomic E-state index is 12.7. The summed E-state index contributed by atoms with van der Waals surface area (Å²) >= 11 is 5.63. The van der Waals surface area contributed by atoms with E-state index in [1.54, 1.807) is 0 Å². The zero-order valence-corrected chi connectivity index (χ0v) is 9.69. The Hall–Kier alpha value is -1.23. The minimum Gasteiger partial charge on any atom is -0.440 e. The molecule has 0 aliphatic rings. The molecule has 1 heterocycles. The van der Waals surface area contributed by atoms with Crippen LogP contribution in [0.25, 0.3) is 11.1 Å². The van der Waals surface area contributed by atoms with E-state index in [1.807, 2.05) is 6.92 Å². The van der Waals surface area contributed by atoms with Crippen molar-refractivity contribution < 1.29 is 17.6 Å². The first kappa shape index (κ1) is 12.2. The standard InChI is InChI=1S/C11H9ClF3NO/c1-2-3-9-16-8-5-6(12)4-7(10(8)17-9)11(13,14)15/h4-5H,2-3H2,1H3. The molecule has 0 saturated carbocycles. The first-order chi connectivity index (χ1) is 7.91. The van der Waals surface area contributed by atoms with Gasteiger partial charge in [-0.25, -0.2) is 4.98 Å². The minimum absolute atomic E-state index is 0.00109. The fraction of sp³-hybridized carbons (Fsp3) is 0.364. The highest BCUT2D eigenvalue weighted by molar-refractivity contribution is 6.31. The number of rotatable bonds is 2. The molecule has 0 bridgehead atoms. The van der Waals surface area contributed by atoms with Gasteiger partial charge in [-0.15, -0.1) is 0 Å². The summed E-state index contributed by atoms with van der Waals surface area (Å²) in [6, 6.07) is 2.22. The van der Waals surface area contributed by atoms with Crippen LogP contribution in [0.5, 0.6) is 0 Å². The first-order valence-corrected chi connectivity index (χ1v) is 5.45. The van der Waals surface area contributed by atoms with Crippen molar-refractivity contribution in [2.45, 2.75) is 25.9 Å². The fourth-order valence-electron chi connectivity index (χ4n) is 1.58. The van der Waals surface area contributed by atoms with Crippen LogP contribution in [0.3, 0.4) is 0 Å². The van der Waals surface area contributed by atoms with Crippen LogP contribution in [0.1, 0.15) is 24.8 Å². The molecule has 0 saturated heterocycles. The zero-order chi connectivity index (χ0) is 12.6. The molecule has 0 unspecified atom stereocenters. The molecule has 0 spiro atoms. The molecule has 1 aromatic carbocycles. The summed E-state index contributed by atoms with van der Waals surface area (Å²) in [5, 5.41) is 0.00109. The summed E-state index contributed by atoms with van der Waals surface area (Å²) in [4.78, 5) is 3.99. The van der Waals surface area contributed by atoms with Gasteiger partial charge in [0.15, 0.2) is 11.5 Å². The van der Waals surface area contributed by atoms with Crippen molar-refractivity contribution in [1.82, 2.24) is 4.98 Å². The molecule has 0 N–H and O–H groups in total. The van der Waals surface area contributed by atoms with Gasteiger partial charge in [-0.05, 0) is 18.6 Å². The van der Waals surface area contributed by atoms with Gasteiger partial charge in [-0.1, -0.05) is 18.5 Å². The number of hydrogen-bond donors (Lipinski definition) is 0. The maximum Gasteiger partial charge on any atom is 0.420 e. The Morgan fingerprint density at radius 3 is 2.65 bits per heavy atom. The summed E-state index contributed by atoms with van der Waals surface area (Å²) in [7, 11) is 0. The Balaban J connectivity index is 2.66. The van der Waals surface area contributed by atoms with Crippen molar-refractivity contribution in [2.75, 3.05) is 0 Å². The Morgan fingerprint density at radius 2 is 2.06 bits per heavy atom. The van der Waals surface area contributed by atoms with E-state index >= 15 is 0 Å². The Labute approximate surface area is 100 Å². The summed E-state index contributed by atoms with van der Waals surface area (Å²) < 4.78 is 43.4. The molecule has 1 aromatic heterocycles. The molecular weight excluding hydrogens is 255 g/mol. The molecule has 0 atom stereocenters. The van der Waals surface area contributed by atoms with Crippen LogP contribution in [0.4, 0.5) is 13.2 Å². The predicted molar refractivity (Wildman–Crippen MR) is 58.0 cm³/mol. The molecule has 2 rings (SSSR count). The van der Waals surface area contributed by atoms with Crippen LogP contribution < -0.4 is 0 Å². The Morgan fingerprint density at radius 1 is 1.35 bits per heavy atom. The number of aryl methyl sites for hydroxylation is 1. The number of fused-ring (bicyclic) bond motifs is 1. The molecule has 0 radical (unpaired) electrons. The Kier molecular flexibility index (Phi) is 3.03. The lowest BCUT2D eigenvalue weighted by Gasteiger charge is -2.06. The number of hydrogen-bond acceptors (Lipinski definition) is 2. The van der Waals surface area contributed by atoms with Gasteiger partial charge in [0.05, 0.1) is 0 Å². The SMILES string of the molecule is CCCc1nc2cc(Cl)cc(C(F)(F)F)c2o1. The molecule has 17 heavy (non-hydrogen) atoms. The van der Waals surface area contributed by atoms with Crippen molar-refractivity contribution in [1.29, 1.82) is 0 Å². The summed E-state index contributed by atoms with van der Waals surface area (Å²) in [5.41, 5.74) is -0.978. The molecule has 2 aromatic rings. The third kappa shape index (κ3) is 2.39. The molecule has 2 nitrogen and oxygen atoms in total. The van der Waals surface area contributed by atoms with Gasteiger partial charge in [0.25, 0.3) is 0 Å². The summed E-state index contributed by atoms with van der Waals surface area (Å²) in [6.07, 6.45) is -3.24. The van der Waals surface area contributed by atoms with Gasteiger partial charge in [0.1, 0.15) is 11.1 Å². The average molecular weight is 264 g/mol. The lowest BCUT2D eigenvalue weighted by Crippen LogP contribution is -2.05. The van der Waals surface area contributed by atoms with E-state index in [1.165, 1.54) is 6.07 Å². The second-order valence-corrected chi connectivity index (χ2v) is 4.09. The third-order valence-corrected chi connectivity index (χ3v) is 2.49. The van der Waals surface area contributed by atoms with Gasteiger partial charge in [0.2, 0.25) is 0 Å². The van der Waals surface area contributed by atoms with Gasteiger partial charge in [-0.3, -0.25) is 0 Å². The van der Waals surface area contributed by atoms with E-state index in [-0.39, 0.29) is 16.1 Å². The van der Waals surface area contributed by atoms with Crippen molar-refractivity contribution in [2.24, 2.45) is 0 Å². The van der Waals surface area contributed by atoms with Crippen LogP contribution in [0.15, 0.2) is 16.5 Å². The number of aromatic nitrogens is 1. The van der Waals surface area contributed by atoms with Crippen LogP contribution in [-0.4, -0.2) is 4.98 Å². The lowest BCUT2D eigenvalue weighted by molar-refractivity contribution is -0.136. The summed E-state index contributed by atoms with van der Waals surface area (Å²) in [6.45, 7) is 1.90. The van der Waals surface area contributed by atoms with E-state index in [2.05, 4.69) is 4.98 Å². The van der Waals surface area contributed by atoms with Gasteiger partial charge < -0.3 is 4.42 Å². The average Bonchev–Trinajstić information content (AvgIpc) is 2.57. The second-order valence-electron chi connectivity index (χ2n) is 3.66. The number of oxazole rings is 1. The van der Waals surface area contributed by atoms with Gasteiger partial charge in [-0.2, -0.15) is 13.2 Å². The van der Waals surface area contributed by atoms with E-state index in [0.717, 1.165) is 12.5 Å². The predicted octanol–water partition coefficient (Wildman–Crippen LogP) is 4.45. The van der Waals surface area contributed by atoms with Crippen LogP contribution in [0, 0.1) is 0 Å². The van der Waals surface area contributed by atoms with E-state index in [0.29, 0.717) is 12.3 Å². The lowest BCUT2D eigenvalue weighted by atomic mass is 10.2. The number of benzene rings is 1. The highest BCUT2D eigenvalue weighted by Crippen LogP contribution is 2.37. The van der Waals surface area contributed by atoms with E-state index in [9.17, 15) is 13.2 Å². The molecule has 0 aliphatic carbocycles. The zero-order valence-electron chi connectivity index (χ0n) is 8.94. The van der Waals surface area contributed by atoms with Gasteiger partial charge in [0, 0.05) is 11.4 Å². The maximum atomic E-state index is 12.7. The number of alkyl halides is 3. The normalized spacial score (nSPS) is 12.3. The molecule has 0 fully saturated rings. The largest absolute Gasteiger partial charge is 0.440 e. The van der Waals surface area contributed by atoms with Crippen LogP contribution in [-0.2, 0) is 12.6 Å². The number of halogens is 4. The molecule has 0 amide bonds. The molecular formula is C11H9ClF3NO. The quantitative estimate of drug-likeness (QED) is 0.800. The second kappa shape index (κ2) is 4.22. The first-order valence-electron chi connectivity index (χ1n) is 5.08. The smallest absolute Gasteiger partial charge is 0.420 e. The van der Waals surface area contributed by atoms with Crippen molar-refractivity contribution in [3.63, 3.8) is 0 Å².